The van der Waals surface area contributed by atoms with Crippen LogP contribution in [0.3, 0.4) is 0 Å². The summed E-state index contributed by atoms with van der Waals surface area (Å²) >= 11 is 0. The number of hydrogen-bond acceptors (Lipinski definition) is 6. The zero-order chi connectivity index (χ0) is 20.6. The van der Waals surface area contributed by atoms with Gasteiger partial charge in [0, 0.05) is 11.3 Å². The first-order valence-corrected chi connectivity index (χ1v) is 8.83. The third-order valence-corrected chi connectivity index (χ3v) is 5.71. The average molecular weight is 376 g/mol. The Labute approximate surface area is 166 Å². The minimum absolute atomic E-state index is 0.150. The monoisotopic (exact) mass is 376 g/mol. The molecule has 3 aromatic rings. The molecule has 2 aromatic carbocycles. The molecule has 0 saturated carbocycles. The van der Waals surface area contributed by atoms with Crippen molar-refractivity contribution >= 4 is 11.0 Å². The Balaban J connectivity index is 2.22. The molecule has 0 amide bonds. The van der Waals surface area contributed by atoms with E-state index in [1.54, 1.807) is 54.6 Å². The number of nitrogens with zero attached hydrogens (tertiary/aromatic N) is 4. The molecule has 6 heteroatoms. The Kier molecular flexibility index (Phi) is 3.94. The van der Waals surface area contributed by atoms with Crippen LogP contribution in [0.5, 0.6) is 0 Å². The van der Waals surface area contributed by atoms with Crippen LogP contribution in [0.25, 0.3) is 11.0 Å². The zero-order valence-corrected chi connectivity index (χ0v) is 15.1. The van der Waals surface area contributed by atoms with Gasteiger partial charge in [-0.2, -0.15) is 21.0 Å². The van der Waals surface area contributed by atoms with Gasteiger partial charge >= 0.3 is 5.63 Å². The van der Waals surface area contributed by atoms with Crippen molar-refractivity contribution in [2.45, 2.75) is 17.8 Å². The Morgan fingerprint density at radius 1 is 0.862 bits per heavy atom. The quantitative estimate of drug-likeness (QED) is 0.599. The molecule has 0 radical (unpaired) electrons. The Morgan fingerprint density at radius 3 is 2.10 bits per heavy atom. The van der Waals surface area contributed by atoms with E-state index in [2.05, 4.69) is 0 Å². The van der Waals surface area contributed by atoms with Gasteiger partial charge in [-0.15, -0.1) is 0 Å². The van der Waals surface area contributed by atoms with Crippen LogP contribution in [0.15, 0.2) is 63.8 Å². The van der Waals surface area contributed by atoms with Gasteiger partial charge in [-0.05, 0) is 23.6 Å². The van der Waals surface area contributed by atoms with E-state index in [1.165, 1.54) is 0 Å². The maximum atomic E-state index is 12.9. The highest BCUT2D eigenvalue weighted by Crippen LogP contribution is 2.56. The largest absolute Gasteiger partial charge is 0.422 e. The third kappa shape index (κ3) is 2.15. The van der Waals surface area contributed by atoms with Crippen molar-refractivity contribution in [3.8, 4) is 24.3 Å². The zero-order valence-electron chi connectivity index (χ0n) is 15.1. The first-order valence-electron chi connectivity index (χ1n) is 8.83. The molecule has 0 spiro atoms. The van der Waals surface area contributed by atoms with Crippen molar-refractivity contribution in [2.75, 3.05) is 0 Å². The van der Waals surface area contributed by atoms with E-state index in [-0.39, 0.29) is 12.0 Å². The molecule has 136 valence electrons. The van der Waals surface area contributed by atoms with E-state index >= 15 is 0 Å². The highest BCUT2D eigenvalue weighted by molar-refractivity contribution is 5.83. The lowest BCUT2D eigenvalue weighted by atomic mass is 9.50. The van der Waals surface area contributed by atoms with E-state index in [1.807, 2.05) is 24.3 Å². The van der Waals surface area contributed by atoms with Crippen molar-refractivity contribution in [3.05, 3.63) is 81.7 Å². The number of para-hydroxylation sites is 1. The van der Waals surface area contributed by atoms with Crippen molar-refractivity contribution in [1.82, 2.24) is 0 Å². The van der Waals surface area contributed by atoms with E-state index in [4.69, 9.17) is 4.42 Å². The summed E-state index contributed by atoms with van der Waals surface area (Å²) in [7, 11) is 0. The molecule has 0 N–H and O–H groups in total. The summed E-state index contributed by atoms with van der Waals surface area (Å²) in [6.07, 6.45) is 0.150. The second kappa shape index (κ2) is 6.35. The summed E-state index contributed by atoms with van der Waals surface area (Å²) in [4.78, 5) is 12.9. The molecule has 0 fully saturated rings. The van der Waals surface area contributed by atoms with E-state index in [0.717, 1.165) is 0 Å². The molecule has 1 aliphatic carbocycles. The predicted octanol–water partition coefficient (Wildman–Crippen LogP) is 3.45. The van der Waals surface area contributed by atoms with Gasteiger partial charge in [0.15, 0.2) is 5.41 Å². The maximum absolute atomic E-state index is 12.9. The lowest BCUT2D eigenvalue weighted by Gasteiger charge is -2.42. The Morgan fingerprint density at radius 2 is 1.48 bits per heavy atom. The van der Waals surface area contributed by atoms with Crippen LogP contribution < -0.4 is 5.63 Å². The maximum Gasteiger partial charge on any atom is 0.342 e. The summed E-state index contributed by atoms with van der Waals surface area (Å²) in [6, 6.07) is 23.3. The third-order valence-electron chi connectivity index (χ3n) is 5.71. The van der Waals surface area contributed by atoms with E-state index < -0.39 is 22.4 Å². The van der Waals surface area contributed by atoms with E-state index in [9.17, 15) is 25.8 Å². The Hall–Kier alpha value is -4.39. The average Bonchev–Trinajstić information content (AvgIpc) is 2.78. The molecule has 1 aromatic heterocycles. The molecule has 1 heterocycles. The summed E-state index contributed by atoms with van der Waals surface area (Å²) in [5.74, 6) is -0.782. The van der Waals surface area contributed by atoms with Gasteiger partial charge in [0.25, 0.3) is 0 Å². The van der Waals surface area contributed by atoms with Gasteiger partial charge in [0.05, 0.1) is 29.8 Å². The first kappa shape index (κ1) is 18.0. The second-order valence-electron chi connectivity index (χ2n) is 6.91. The highest BCUT2D eigenvalue weighted by atomic mass is 16.4. The van der Waals surface area contributed by atoms with Crippen LogP contribution in [0.2, 0.25) is 0 Å². The summed E-state index contributed by atoms with van der Waals surface area (Å²) in [5.41, 5.74) is -4.02. The molecule has 1 atom stereocenters. The number of nitriles is 4. The highest BCUT2D eigenvalue weighted by Gasteiger charge is 2.65. The lowest BCUT2D eigenvalue weighted by molar-refractivity contribution is 0.287. The number of benzene rings is 2. The molecule has 6 nitrogen and oxygen atoms in total. The fourth-order valence-corrected chi connectivity index (χ4v) is 4.34. The number of hydrogen-bond donors (Lipinski definition) is 0. The molecule has 0 saturated heterocycles. The molecule has 0 aliphatic heterocycles. The summed E-state index contributed by atoms with van der Waals surface area (Å²) < 4.78 is 5.37. The van der Waals surface area contributed by atoms with Crippen molar-refractivity contribution < 1.29 is 4.42 Å². The van der Waals surface area contributed by atoms with Crippen LogP contribution in [-0.2, 0) is 11.8 Å². The van der Waals surface area contributed by atoms with Crippen LogP contribution in [-0.4, -0.2) is 0 Å². The van der Waals surface area contributed by atoms with Crippen LogP contribution in [0.4, 0.5) is 0 Å². The molecule has 4 rings (SSSR count). The van der Waals surface area contributed by atoms with Crippen LogP contribution in [0, 0.1) is 50.7 Å². The molecule has 0 bridgehead atoms. The number of fused-ring (bicyclic) bond motifs is 3. The summed E-state index contributed by atoms with van der Waals surface area (Å²) in [6.45, 7) is 0. The van der Waals surface area contributed by atoms with Gasteiger partial charge in [-0.1, -0.05) is 48.5 Å². The second-order valence-corrected chi connectivity index (χ2v) is 6.91. The smallest absolute Gasteiger partial charge is 0.342 e. The van der Waals surface area contributed by atoms with Gasteiger partial charge in [0.1, 0.15) is 5.58 Å². The number of rotatable bonds is 1. The molecular weight excluding hydrogens is 364 g/mol. The predicted molar refractivity (Wildman–Crippen MR) is 102 cm³/mol. The van der Waals surface area contributed by atoms with Gasteiger partial charge in [0.2, 0.25) is 5.41 Å². The summed E-state index contributed by atoms with van der Waals surface area (Å²) in [5, 5.41) is 41.0. The minimum Gasteiger partial charge on any atom is -0.422 e. The van der Waals surface area contributed by atoms with Crippen molar-refractivity contribution in [1.29, 1.82) is 21.0 Å². The topological polar surface area (TPSA) is 125 Å². The molecular formula is C23H12N4O2. The fraction of sp³-hybridized carbons (Fsp3) is 0.174. The minimum atomic E-state index is -2.30. The van der Waals surface area contributed by atoms with Crippen molar-refractivity contribution in [3.63, 3.8) is 0 Å². The van der Waals surface area contributed by atoms with Crippen LogP contribution >= 0.6 is 0 Å². The standard InChI is InChI=1S/C23H12N4O2/c24-11-22(12-25)18(15-6-2-1-3-7-15)10-17-16-8-4-5-9-19(16)29-21(28)20(17)23(22,13-26)14-27/h1-9,18H,10H2/t18-/m0/s1. The van der Waals surface area contributed by atoms with E-state index in [0.29, 0.717) is 22.1 Å². The van der Waals surface area contributed by atoms with Crippen molar-refractivity contribution in [2.24, 2.45) is 5.41 Å². The SMILES string of the molecule is N#CC1(C#N)c2c(c3ccccc3oc2=O)C[C@@H](c2ccccc2)C1(C#N)C#N. The van der Waals surface area contributed by atoms with Gasteiger partial charge in [-0.3, -0.25) is 0 Å². The van der Waals surface area contributed by atoms with Crippen LogP contribution in [0.1, 0.15) is 22.6 Å². The Bertz CT molecular complexity index is 1330. The first-order chi connectivity index (χ1) is 14.1. The normalized spacial score (nSPS) is 18.4. The van der Waals surface area contributed by atoms with Gasteiger partial charge in [-0.25, -0.2) is 4.79 Å². The molecule has 1 aliphatic rings. The van der Waals surface area contributed by atoms with Gasteiger partial charge < -0.3 is 4.42 Å². The lowest BCUT2D eigenvalue weighted by Crippen LogP contribution is -2.53. The molecule has 29 heavy (non-hydrogen) atoms. The fourth-order valence-electron chi connectivity index (χ4n) is 4.34. The molecule has 0 unspecified atom stereocenters.